The van der Waals surface area contributed by atoms with Gasteiger partial charge in [-0.05, 0) is 0 Å². The minimum Gasteiger partial charge on any atom is -0.334 e. The summed E-state index contributed by atoms with van der Waals surface area (Å²) < 4.78 is 279. The predicted molar refractivity (Wildman–Crippen MR) is 55.8 cm³/mol. The largest absolute Gasteiger partial charge is 0.522 e. The minimum atomic E-state index is -11.0. The van der Waals surface area contributed by atoms with E-state index >= 15 is 0 Å². The summed E-state index contributed by atoms with van der Waals surface area (Å²) in [5.41, 5.74) is -8.67. The fraction of sp³-hybridized carbons (Fsp3) is 1.00. The van der Waals surface area contributed by atoms with E-state index in [4.69, 9.17) is 0 Å². The van der Waals surface area contributed by atoms with Crippen LogP contribution < -0.4 is 0 Å². The van der Waals surface area contributed by atoms with Crippen molar-refractivity contribution in [2.24, 2.45) is 0 Å². The number of halogens is 22. The van der Waals surface area contributed by atoms with Crippen molar-refractivity contribution in [2.45, 2.75) is 53.4 Å². The van der Waals surface area contributed by atoms with Gasteiger partial charge in [0.15, 0.2) is 0 Å². The van der Waals surface area contributed by atoms with Gasteiger partial charge in [0.2, 0.25) is 0 Å². The first-order chi connectivity index (χ1) is 13.7. The highest BCUT2D eigenvalue weighted by atomic mass is 28.4. The summed E-state index contributed by atoms with van der Waals surface area (Å²) in [5, 5.41) is 0. The third kappa shape index (κ3) is 4.28. The fourth-order valence-electron chi connectivity index (χ4n) is 1.71. The zero-order valence-corrected chi connectivity index (χ0v) is 14.7. The highest BCUT2D eigenvalue weighted by Crippen LogP contribution is 2.62. The fourth-order valence-corrected chi connectivity index (χ4v) is 4.02. The summed E-state index contributed by atoms with van der Waals surface area (Å²) in [7, 11) is -11.0. The summed E-state index contributed by atoms with van der Waals surface area (Å²) in [4.78, 5) is 0. The molecule has 0 aromatic rings. The third-order valence-electron chi connectivity index (χ3n) is 3.39. The first kappa shape index (κ1) is 31.6. The molecule has 0 radical (unpaired) electrons. The summed E-state index contributed by atoms with van der Waals surface area (Å²) in [6, 6.07) is 0. The molecule has 0 aromatic carbocycles. The van der Waals surface area contributed by atoms with Gasteiger partial charge < -0.3 is 4.43 Å². The van der Waals surface area contributed by atoms with Crippen LogP contribution in [0.15, 0.2) is 0 Å². The lowest BCUT2D eigenvalue weighted by Gasteiger charge is -2.44. The van der Waals surface area contributed by atoms with E-state index in [1.807, 2.05) is 0 Å². The van der Waals surface area contributed by atoms with E-state index in [9.17, 15) is 96.6 Å². The van der Waals surface area contributed by atoms with Gasteiger partial charge in [-0.15, -0.1) is 0 Å². The molecule has 0 bridgehead atoms. The van der Waals surface area contributed by atoms with Crippen LogP contribution in [0.4, 0.5) is 96.6 Å². The molecule has 0 rings (SSSR count). The van der Waals surface area contributed by atoms with E-state index in [1.165, 1.54) is 0 Å². The molecule has 0 saturated heterocycles. The Bertz CT molecular complexity index is 689. The Balaban J connectivity index is 7.32. The normalized spacial score (nSPS) is 16.9. The summed E-state index contributed by atoms with van der Waals surface area (Å²) in [6.45, 7) is 0. The van der Waals surface area contributed by atoms with Crippen molar-refractivity contribution in [3.8, 4) is 0 Å². The molecule has 0 aliphatic heterocycles. The molecule has 0 N–H and O–H groups in total. The summed E-state index contributed by atoms with van der Waals surface area (Å²) in [5.74, 6) is -43.1. The Morgan fingerprint density at radius 3 is 0.879 bits per heavy atom. The zero-order valence-electron chi connectivity index (χ0n) is 13.7. The van der Waals surface area contributed by atoms with Crippen LogP contribution >= 0.6 is 0 Å². The van der Waals surface area contributed by atoms with E-state index in [1.54, 1.807) is 0 Å². The minimum absolute atomic E-state index is 0.960. The van der Waals surface area contributed by atoms with Gasteiger partial charge in [-0.3, -0.25) is 0 Å². The monoisotopic (exact) mass is 570 g/mol. The first-order valence-corrected chi connectivity index (χ1v) is 8.47. The summed E-state index contributed by atoms with van der Waals surface area (Å²) in [6.07, 6.45) is -25.0. The molecule has 0 aliphatic rings. The zero-order chi connectivity index (χ0) is 27.7. The lowest BCUT2D eigenvalue weighted by atomic mass is 10.0. The smallest absolute Gasteiger partial charge is 0.334 e. The van der Waals surface area contributed by atoms with Crippen molar-refractivity contribution < 1.29 is 101 Å². The Morgan fingerprint density at radius 2 is 0.667 bits per heavy atom. The van der Waals surface area contributed by atoms with Crippen LogP contribution in [0, 0.1) is 0 Å². The van der Waals surface area contributed by atoms with Gasteiger partial charge >= 0.3 is 61.7 Å². The molecule has 0 aromatic heterocycles. The highest BCUT2D eigenvalue weighted by Gasteiger charge is 2.98. The quantitative estimate of drug-likeness (QED) is 0.248. The van der Waals surface area contributed by atoms with Crippen molar-refractivity contribution >= 4 is 8.32 Å². The molecule has 24 heteroatoms. The van der Waals surface area contributed by atoms with Gasteiger partial charge in [0.25, 0.3) is 0 Å². The van der Waals surface area contributed by atoms with Gasteiger partial charge in [-0.25, -0.2) is 0 Å². The topological polar surface area (TPSA) is 9.23 Å². The lowest BCUT2D eigenvalue weighted by molar-refractivity contribution is -0.451. The second-order valence-corrected chi connectivity index (χ2v) is 8.92. The van der Waals surface area contributed by atoms with Crippen LogP contribution in [-0.4, -0.2) is 61.7 Å². The van der Waals surface area contributed by atoms with E-state index in [0.717, 1.165) is 4.43 Å². The molecule has 33 heavy (non-hydrogen) atoms. The highest BCUT2D eigenvalue weighted by molar-refractivity contribution is 6.80. The molecule has 0 unspecified atom stereocenters. The maximum atomic E-state index is 13.3. The Hall–Kier alpha value is -1.36. The maximum Gasteiger partial charge on any atom is 0.522 e. The molecule has 0 spiro atoms. The van der Waals surface area contributed by atoms with Gasteiger partial charge in [0, 0.05) is 0 Å². The van der Waals surface area contributed by atoms with Gasteiger partial charge in [-0.2, -0.15) is 96.6 Å². The van der Waals surface area contributed by atoms with E-state index < -0.39 is 61.7 Å². The van der Waals surface area contributed by atoms with Crippen LogP contribution in [0.3, 0.4) is 0 Å². The van der Waals surface area contributed by atoms with Gasteiger partial charge in [0.1, 0.15) is 0 Å². The van der Waals surface area contributed by atoms with E-state index in [2.05, 4.69) is 0 Å². The Morgan fingerprint density at radius 1 is 0.364 bits per heavy atom. The van der Waals surface area contributed by atoms with Crippen LogP contribution in [0.5, 0.6) is 0 Å². The van der Waals surface area contributed by atoms with Crippen molar-refractivity contribution in [1.29, 1.82) is 0 Å². The van der Waals surface area contributed by atoms with Crippen molar-refractivity contribution in [3.63, 3.8) is 0 Å². The molecular weight excluding hydrogens is 570 g/mol. The first-order valence-electron chi connectivity index (χ1n) is 6.57. The van der Waals surface area contributed by atoms with Gasteiger partial charge in [0.05, 0.1) is 0 Å². The van der Waals surface area contributed by atoms with E-state index in [0.29, 0.717) is 0 Å². The molecule has 0 aliphatic carbocycles. The van der Waals surface area contributed by atoms with Crippen LogP contribution in [0.25, 0.3) is 0 Å². The van der Waals surface area contributed by atoms with Crippen molar-refractivity contribution in [3.05, 3.63) is 0 Å². The number of hydrogen-bond donors (Lipinski definition) is 0. The molecule has 1 nitrogen and oxygen atoms in total. The van der Waals surface area contributed by atoms with Crippen LogP contribution in [0.2, 0.25) is 0 Å². The maximum absolute atomic E-state index is 13.3. The molecule has 200 valence electrons. The second kappa shape index (κ2) is 7.57. The molecule has 0 atom stereocenters. The van der Waals surface area contributed by atoms with E-state index in [-0.39, 0.29) is 0 Å². The molecule has 0 fully saturated rings. The SMILES string of the molecule is FC(F)(F)C(F)(F)C(F)(F)C(F)(F)C(F)(F)O[Si](C(F)(F)F)(C(F)(F)F)C(F)(F)C(F)(F)F. The molecular formula is C9F22OSi. The lowest BCUT2D eigenvalue weighted by Crippen LogP contribution is -2.81. The molecule has 0 saturated carbocycles. The number of rotatable bonds is 6. The van der Waals surface area contributed by atoms with Crippen molar-refractivity contribution in [1.82, 2.24) is 0 Å². The Kier molecular flexibility index (Phi) is 7.25. The van der Waals surface area contributed by atoms with Crippen LogP contribution in [-0.2, 0) is 4.43 Å². The third-order valence-corrected chi connectivity index (χ3v) is 6.72. The second-order valence-electron chi connectivity index (χ2n) is 5.59. The Labute approximate surface area is 164 Å². The average Bonchev–Trinajstić information content (AvgIpc) is 2.46. The molecule has 0 amide bonds. The standard InChI is InChI=1S/C9F22OSi/c10-1(11,2(12,13)4(16,17)18)3(14,15)6(22,23)32-33(8(26,27)28,9(29,30)31)7(24,25)5(19,20)21. The van der Waals surface area contributed by atoms with Gasteiger partial charge in [-0.1, -0.05) is 0 Å². The summed E-state index contributed by atoms with van der Waals surface area (Å²) >= 11 is 0. The number of hydrogen-bond acceptors (Lipinski definition) is 1. The van der Waals surface area contributed by atoms with Crippen LogP contribution in [0.1, 0.15) is 0 Å². The average molecular weight is 570 g/mol. The molecule has 0 heterocycles. The number of alkyl halides is 22. The van der Waals surface area contributed by atoms with Crippen molar-refractivity contribution in [2.75, 3.05) is 0 Å². The predicted octanol–water partition coefficient (Wildman–Crippen LogP) is 6.95.